The van der Waals surface area contributed by atoms with E-state index in [0.717, 1.165) is 48.2 Å². The summed E-state index contributed by atoms with van der Waals surface area (Å²) in [5.74, 6) is 0.131. The van der Waals surface area contributed by atoms with E-state index < -0.39 is 18.0 Å². The molecule has 4 atom stereocenters. The van der Waals surface area contributed by atoms with Gasteiger partial charge in [-0.2, -0.15) is 0 Å². The average Bonchev–Trinajstić information content (AvgIpc) is 3.38. The maximum Gasteiger partial charge on any atom is 0.163 e. The molecule has 0 spiro atoms. The van der Waals surface area contributed by atoms with E-state index in [4.69, 9.17) is 18.6 Å². The number of hydrogen-bond donors (Lipinski definition) is 1. The van der Waals surface area contributed by atoms with Crippen LogP contribution in [0.15, 0.2) is 40.7 Å². The normalized spacial score (nSPS) is 34.1. The fourth-order valence-electron chi connectivity index (χ4n) is 4.79. The van der Waals surface area contributed by atoms with E-state index in [2.05, 4.69) is 4.90 Å². The van der Waals surface area contributed by atoms with Crippen LogP contribution in [-0.4, -0.2) is 59.8 Å². The lowest BCUT2D eigenvalue weighted by Crippen LogP contribution is -2.49. The lowest BCUT2D eigenvalue weighted by atomic mass is 9.98. The van der Waals surface area contributed by atoms with Gasteiger partial charge < -0.3 is 23.7 Å². The lowest BCUT2D eigenvalue weighted by Gasteiger charge is -2.33. The Morgan fingerprint density at radius 1 is 1.14 bits per heavy atom. The van der Waals surface area contributed by atoms with Crippen molar-refractivity contribution in [1.29, 1.82) is 0 Å². The van der Waals surface area contributed by atoms with E-state index in [0.29, 0.717) is 6.61 Å². The van der Waals surface area contributed by atoms with E-state index in [9.17, 15) is 5.11 Å². The summed E-state index contributed by atoms with van der Waals surface area (Å²) in [5.41, 5.74) is 1.81. The van der Waals surface area contributed by atoms with Gasteiger partial charge in [0.05, 0.1) is 18.9 Å². The highest BCUT2D eigenvalue weighted by atomic mass is 16.8. The first-order valence-electron chi connectivity index (χ1n) is 10.6. The molecule has 5 rings (SSSR count). The minimum absolute atomic E-state index is 0.179. The quantitative estimate of drug-likeness (QED) is 0.852. The van der Waals surface area contributed by atoms with Crippen molar-refractivity contribution in [3.63, 3.8) is 0 Å². The van der Waals surface area contributed by atoms with E-state index in [-0.39, 0.29) is 12.1 Å². The Morgan fingerprint density at radius 3 is 2.69 bits per heavy atom. The number of piperidine rings is 1. The van der Waals surface area contributed by atoms with Gasteiger partial charge in [-0.15, -0.1) is 0 Å². The van der Waals surface area contributed by atoms with Crippen molar-refractivity contribution in [2.45, 2.75) is 63.3 Å². The Labute approximate surface area is 171 Å². The van der Waals surface area contributed by atoms with Gasteiger partial charge in [0.25, 0.3) is 0 Å². The summed E-state index contributed by atoms with van der Waals surface area (Å²) < 4.78 is 23.8. The van der Waals surface area contributed by atoms with Gasteiger partial charge in [-0.3, -0.25) is 4.90 Å². The minimum atomic E-state index is -0.667. The van der Waals surface area contributed by atoms with Crippen LogP contribution < -0.4 is 0 Å². The lowest BCUT2D eigenvalue weighted by molar-refractivity contribution is -0.156. The number of nitrogens with zero attached hydrogens (tertiary/aromatic N) is 1. The van der Waals surface area contributed by atoms with Crippen molar-refractivity contribution in [3.05, 3.63) is 41.9 Å². The zero-order chi connectivity index (χ0) is 20.0. The van der Waals surface area contributed by atoms with Crippen LogP contribution >= 0.6 is 0 Å². The first-order valence-corrected chi connectivity index (χ1v) is 10.6. The molecule has 0 amide bonds. The van der Waals surface area contributed by atoms with Gasteiger partial charge in [0.15, 0.2) is 11.9 Å². The van der Waals surface area contributed by atoms with E-state index in [1.807, 2.05) is 44.2 Å². The summed E-state index contributed by atoms with van der Waals surface area (Å²) in [6, 6.07) is 7.78. The molecule has 0 aliphatic carbocycles. The van der Waals surface area contributed by atoms with Gasteiger partial charge in [-0.05, 0) is 51.9 Å². The van der Waals surface area contributed by atoms with Crippen molar-refractivity contribution >= 4 is 17.0 Å². The largest absolute Gasteiger partial charge is 0.487 e. The molecule has 3 saturated heterocycles. The summed E-state index contributed by atoms with van der Waals surface area (Å²) in [6.45, 7) is 6.14. The number of aliphatic hydroxyl groups is 1. The predicted molar refractivity (Wildman–Crippen MR) is 109 cm³/mol. The zero-order valence-corrected chi connectivity index (χ0v) is 17.0. The third-order valence-electron chi connectivity index (χ3n) is 6.21. The van der Waals surface area contributed by atoms with Gasteiger partial charge in [0.1, 0.15) is 23.6 Å². The maximum absolute atomic E-state index is 11.3. The molecule has 29 heavy (non-hydrogen) atoms. The number of furan rings is 1. The van der Waals surface area contributed by atoms with Crippen molar-refractivity contribution < 1.29 is 23.7 Å². The molecular weight excluding hydrogens is 370 g/mol. The summed E-state index contributed by atoms with van der Waals surface area (Å²) in [5, 5.41) is 12.3. The Balaban J connectivity index is 1.49. The van der Waals surface area contributed by atoms with Crippen molar-refractivity contribution in [1.82, 2.24) is 4.90 Å². The molecule has 0 unspecified atom stereocenters. The fraction of sp³-hybridized carbons (Fsp3) is 0.565. The SMILES string of the molecule is CC1(C)OC[C@H]([C@H]2O/C(=C\c3coc4ccccc34)[C@H](N3CCCCC3)[C@H]2O)O1. The number of benzene rings is 1. The third-order valence-corrected chi connectivity index (χ3v) is 6.21. The number of para-hydroxylation sites is 1. The first kappa shape index (κ1) is 19.1. The smallest absolute Gasteiger partial charge is 0.163 e. The Bertz CT molecular complexity index is 898. The Kier molecular flexibility index (Phi) is 4.90. The molecular formula is C23H29NO5. The van der Waals surface area contributed by atoms with Crippen LogP contribution in [0, 0.1) is 0 Å². The average molecular weight is 399 g/mol. The summed E-state index contributed by atoms with van der Waals surface area (Å²) in [4.78, 5) is 2.35. The molecule has 6 heteroatoms. The molecule has 2 aromatic rings. The number of ether oxygens (including phenoxy) is 3. The van der Waals surface area contributed by atoms with Crippen LogP contribution in [0.25, 0.3) is 17.0 Å². The van der Waals surface area contributed by atoms with E-state index >= 15 is 0 Å². The fourth-order valence-corrected chi connectivity index (χ4v) is 4.79. The van der Waals surface area contributed by atoms with Crippen LogP contribution in [0.2, 0.25) is 0 Å². The topological polar surface area (TPSA) is 64.3 Å². The van der Waals surface area contributed by atoms with Gasteiger partial charge in [-0.1, -0.05) is 24.6 Å². The number of aliphatic hydroxyl groups excluding tert-OH is 1. The molecule has 1 aromatic carbocycles. The standard InChI is InChI=1S/C23H29NO5/c1-23(2)27-14-19(29-23)22-21(25)20(24-10-6-3-7-11-24)18(28-22)12-15-13-26-17-9-5-4-8-16(15)17/h4-5,8-9,12-13,19-22,25H,3,6-7,10-11,14H2,1-2H3/b18-12-/t19-,20+,21-,22-/m1/s1. The molecule has 4 heterocycles. The molecule has 3 aliphatic heterocycles. The van der Waals surface area contributed by atoms with Gasteiger partial charge in [-0.25, -0.2) is 0 Å². The highest BCUT2D eigenvalue weighted by molar-refractivity contribution is 5.87. The number of hydrogen-bond acceptors (Lipinski definition) is 6. The first-order chi connectivity index (χ1) is 14.0. The summed E-state index contributed by atoms with van der Waals surface area (Å²) >= 11 is 0. The molecule has 1 aromatic heterocycles. The van der Waals surface area contributed by atoms with Crippen molar-refractivity contribution in [2.75, 3.05) is 19.7 Å². The summed E-state index contributed by atoms with van der Waals surface area (Å²) in [7, 11) is 0. The number of rotatable bonds is 3. The second kappa shape index (κ2) is 7.43. The van der Waals surface area contributed by atoms with Crippen LogP contribution in [-0.2, 0) is 14.2 Å². The third kappa shape index (κ3) is 3.59. The monoisotopic (exact) mass is 399 g/mol. The Hall–Kier alpha value is -1.86. The summed E-state index contributed by atoms with van der Waals surface area (Å²) in [6.07, 6.45) is 5.90. The van der Waals surface area contributed by atoms with Crippen molar-refractivity contribution in [3.8, 4) is 0 Å². The van der Waals surface area contributed by atoms with Crippen molar-refractivity contribution in [2.24, 2.45) is 0 Å². The molecule has 0 saturated carbocycles. The van der Waals surface area contributed by atoms with Gasteiger partial charge >= 0.3 is 0 Å². The second-order valence-electron chi connectivity index (χ2n) is 8.72. The molecule has 0 radical (unpaired) electrons. The number of fused-ring (bicyclic) bond motifs is 1. The molecule has 3 fully saturated rings. The van der Waals surface area contributed by atoms with Crippen LogP contribution in [0.4, 0.5) is 0 Å². The number of likely N-dealkylation sites (tertiary alicyclic amines) is 1. The minimum Gasteiger partial charge on any atom is -0.487 e. The highest BCUT2D eigenvalue weighted by Gasteiger charge is 2.51. The van der Waals surface area contributed by atoms with Crippen LogP contribution in [0.3, 0.4) is 0 Å². The Morgan fingerprint density at radius 2 is 1.93 bits per heavy atom. The second-order valence-corrected chi connectivity index (χ2v) is 8.72. The molecule has 3 aliphatic rings. The molecule has 156 valence electrons. The highest BCUT2D eigenvalue weighted by Crippen LogP contribution is 2.38. The maximum atomic E-state index is 11.3. The predicted octanol–water partition coefficient (Wildman–Crippen LogP) is 3.54. The van der Waals surface area contributed by atoms with Gasteiger partial charge in [0.2, 0.25) is 0 Å². The van der Waals surface area contributed by atoms with E-state index in [1.54, 1.807) is 6.26 Å². The zero-order valence-electron chi connectivity index (χ0n) is 17.0. The van der Waals surface area contributed by atoms with E-state index in [1.165, 1.54) is 6.42 Å². The van der Waals surface area contributed by atoms with Gasteiger partial charge in [0, 0.05) is 10.9 Å². The molecule has 0 bridgehead atoms. The van der Waals surface area contributed by atoms with Crippen LogP contribution in [0.5, 0.6) is 0 Å². The van der Waals surface area contributed by atoms with Crippen LogP contribution in [0.1, 0.15) is 38.7 Å². The molecule has 6 nitrogen and oxygen atoms in total. The molecule has 1 N–H and O–H groups in total.